The maximum atomic E-state index is 12.6. The van der Waals surface area contributed by atoms with Crippen LogP contribution in [0.1, 0.15) is 12.5 Å². The van der Waals surface area contributed by atoms with Gasteiger partial charge in [-0.15, -0.1) is 0 Å². The fraction of sp³-hybridized carbons (Fsp3) is 0.381. The van der Waals surface area contributed by atoms with Gasteiger partial charge in [-0.2, -0.15) is 0 Å². The molecule has 1 heterocycles. The van der Waals surface area contributed by atoms with E-state index in [1.54, 1.807) is 7.11 Å². The van der Waals surface area contributed by atoms with Crippen molar-refractivity contribution >= 4 is 11.7 Å². The molecule has 1 fully saturated rings. The molecular weight excluding hydrogens is 328 g/mol. The zero-order valence-corrected chi connectivity index (χ0v) is 15.4. The number of hydrogen-bond donors (Lipinski definition) is 0. The molecule has 0 N–H and O–H groups in total. The molecule has 1 atom stereocenters. The molecule has 1 unspecified atom stereocenters. The highest BCUT2D eigenvalue weighted by molar-refractivity contribution is 5.81. The van der Waals surface area contributed by atoms with Crippen LogP contribution in [-0.4, -0.2) is 50.3 Å². The van der Waals surface area contributed by atoms with Crippen LogP contribution < -0.4 is 9.64 Å². The number of benzene rings is 2. The first kappa shape index (κ1) is 18.3. The summed E-state index contributed by atoms with van der Waals surface area (Å²) >= 11 is 0. The normalized spacial score (nSPS) is 17.8. The molecule has 138 valence electrons. The van der Waals surface area contributed by atoms with Crippen molar-refractivity contribution in [3.63, 3.8) is 0 Å². The highest BCUT2D eigenvalue weighted by Gasteiger charge is 2.33. The van der Waals surface area contributed by atoms with Gasteiger partial charge in [0.1, 0.15) is 11.8 Å². The van der Waals surface area contributed by atoms with Crippen LogP contribution in [0.2, 0.25) is 0 Å². The molecular formula is C21H26N2O3. The Bertz CT molecular complexity index is 703. The van der Waals surface area contributed by atoms with Gasteiger partial charge in [0.25, 0.3) is 0 Å². The number of piperazine rings is 1. The predicted molar refractivity (Wildman–Crippen MR) is 102 cm³/mol. The summed E-state index contributed by atoms with van der Waals surface area (Å²) < 4.78 is 10.6. The average molecular weight is 354 g/mol. The van der Waals surface area contributed by atoms with Gasteiger partial charge >= 0.3 is 5.97 Å². The number of anilines is 1. The lowest BCUT2D eigenvalue weighted by atomic mass is 10.1. The maximum Gasteiger partial charge on any atom is 0.330 e. The van der Waals surface area contributed by atoms with Crippen molar-refractivity contribution in [1.29, 1.82) is 0 Å². The van der Waals surface area contributed by atoms with Gasteiger partial charge in [-0.3, -0.25) is 4.90 Å². The lowest BCUT2D eigenvalue weighted by Gasteiger charge is -2.41. The zero-order chi connectivity index (χ0) is 18.4. The second kappa shape index (κ2) is 8.72. The topological polar surface area (TPSA) is 42.0 Å². The molecule has 26 heavy (non-hydrogen) atoms. The van der Waals surface area contributed by atoms with E-state index in [-0.39, 0.29) is 12.0 Å². The Kier molecular flexibility index (Phi) is 6.12. The minimum absolute atomic E-state index is 0.166. The summed E-state index contributed by atoms with van der Waals surface area (Å²) in [5.74, 6) is 0.644. The van der Waals surface area contributed by atoms with Gasteiger partial charge in [-0.05, 0) is 36.8 Å². The Morgan fingerprint density at radius 1 is 1.08 bits per heavy atom. The van der Waals surface area contributed by atoms with Gasteiger partial charge < -0.3 is 14.4 Å². The summed E-state index contributed by atoms with van der Waals surface area (Å²) in [5.41, 5.74) is 2.27. The minimum Gasteiger partial charge on any atom is -0.497 e. The Labute approximate surface area is 155 Å². The number of carbonyl (C=O) groups excluding carboxylic acids is 1. The van der Waals surface area contributed by atoms with Crippen LogP contribution in [-0.2, 0) is 16.1 Å². The van der Waals surface area contributed by atoms with Gasteiger partial charge in [0.05, 0.1) is 13.7 Å². The molecule has 0 aromatic heterocycles. The molecule has 0 aliphatic carbocycles. The summed E-state index contributed by atoms with van der Waals surface area (Å²) in [6.07, 6.45) is 0. The highest BCUT2D eigenvalue weighted by Crippen LogP contribution is 2.25. The number of esters is 1. The Morgan fingerprint density at radius 3 is 2.46 bits per heavy atom. The Morgan fingerprint density at radius 2 is 1.81 bits per heavy atom. The minimum atomic E-state index is -0.305. The van der Waals surface area contributed by atoms with Crippen LogP contribution in [0.4, 0.5) is 5.69 Å². The van der Waals surface area contributed by atoms with E-state index >= 15 is 0 Å². The van der Waals surface area contributed by atoms with Crippen LogP contribution in [0.25, 0.3) is 0 Å². The number of hydrogen-bond acceptors (Lipinski definition) is 5. The number of carbonyl (C=O) groups is 1. The van der Waals surface area contributed by atoms with E-state index in [9.17, 15) is 4.79 Å². The molecule has 3 rings (SSSR count). The van der Waals surface area contributed by atoms with Crippen molar-refractivity contribution in [2.24, 2.45) is 0 Å². The van der Waals surface area contributed by atoms with E-state index in [2.05, 4.69) is 21.9 Å². The van der Waals surface area contributed by atoms with Crippen LogP contribution in [0.5, 0.6) is 5.75 Å². The van der Waals surface area contributed by atoms with Crippen molar-refractivity contribution in [1.82, 2.24) is 4.90 Å². The van der Waals surface area contributed by atoms with Gasteiger partial charge in [0.15, 0.2) is 0 Å². The van der Waals surface area contributed by atoms with Crippen LogP contribution in [0.15, 0.2) is 54.6 Å². The first-order chi connectivity index (χ1) is 12.7. The third-order valence-corrected chi connectivity index (χ3v) is 4.68. The number of nitrogens with zero attached hydrogens (tertiary/aromatic N) is 2. The van der Waals surface area contributed by atoms with E-state index in [1.165, 1.54) is 5.56 Å². The Balaban J connectivity index is 1.75. The van der Waals surface area contributed by atoms with E-state index in [1.807, 2.05) is 49.4 Å². The van der Waals surface area contributed by atoms with Crippen LogP contribution >= 0.6 is 0 Å². The van der Waals surface area contributed by atoms with Crippen molar-refractivity contribution < 1.29 is 14.3 Å². The third kappa shape index (κ3) is 4.35. The van der Waals surface area contributed by atoms with Crippen LogP contribution in [0.3, 0.4) is 0 Å². The SMILES string of the molecule is CCOC(=O)C1CN(Cc2ccccc2)CCN1c1ccc(OC)cc1. The molecule has 0 spiro atoms. The van der Waals surface area contributed by atoms with E-state index in [0.717, 1.165) is 31.1 Å². The van der Waals surface area contributed by atoms with E-state index in [0.29, 0.717) is 13.2 Å². The molecule has 1 saturated heterocycles. The summed E-state index contributed by atoms with van der Waals surface area (Å²) in [6, 6.07) is 17.9. The monoisotopic (exact) mass is 354 g/mol. The van der Waals surface area contributed by atoms with E-state index < -0.39 is 0 Å². The quantitative estimate of drug-likeness (QED) is 0.746. The van der Waals surface area contributed by atoms with Crippen molar-refractivity contribution in [3.8, 4) is 5.75 Å². The zero-order valence-electron chi connectivity index (χ0n) is 15.4. The van der Waals surface area contributed by atoms with Crippen molar-refractivity contribution in [2.75, 3.05) is 38.3 Å². The average Bonchev–Trinajstić information content (AvgIpc) is 2.69. The fourth-order valence-electron chi connectivity index (χ4n) is 3.35. The van der Waals surface area contributed by atoms with Crippen LogP contribution in [0, 0.1) is 0 Å². The summed E-state index contributed by atoms with van der Waals surface area (Å²) in [6.45, 7) is 5.41. The van der Waals surface area contributed by atoms with Gasteiger partial charge in [-0.25, -0.2) is 4.79 Å². The largest absolute Gasteiger partial charge is 0.497 e. The Hall–Kier alpha value is -2.53. The first-order valence-electron chi connectivity index (χ1n) is 9.05. The fourth-order valence-corrected chi connectivity index (χ4v) is 3.35. The summed E-state index contributed by atoms with van der Waals surface area (Å²) in [4.78, 5) is 17.0. The molecule has 0 saturated carbocycles. The maximum absolute atomic E-state index is 12.6. The highest BCUT2D eigenvalue weighted by atomic mass is 16.5. The van der Waals surface area contributed by atoms with Crippen molar-refractivity contribution in [2.45, 2.75) is 19.5 Å². The number of ether oxygens (including phenoxy) is 2. The molecule has 5 nitrogen and oxygen atoms in total. The molecule has 0 radical (unpaired) electrons. The third-order valence-electron chi connectivity index (χ3n) is 4.68. The smallest absolute Gasteiger partial charge is 0.330 e. The summed E-state index contributed by atoms with van der Waals surface area (Å²) in [5, 5.41) is 0. The van der Waals surface area contributed by atoms with Crippen molar-refractivity contribution in [3.05, 3.63) is 60.2 Å². The standard InChI is InChI=1S/C21H26N2O3/c1-3-26-21(24)20-16-22(15-17-7-5-4-6-8-17)13-14-23(20)18-9-11-19(25-2)12-10-18/h4-12,20H,3,13-16H2,1-2H3. The first-order valence-corrected chi connectivity index (χ1v) is 9.05. The lowest BCUT2D eigenvalue weighted by Crippen LogP contribution is -2.56. The van der Waals surface area contributed by atoms with Gasteiger partial charge in [0, 0.05) is 31.9 Å². The molecule has 1 aliphatic heterocycles. The molecule has 1 aliphatic rings. The predicted octanol–water partition coefficient (Wildman–Crippen LogP) is 2.95. The molecule has 0 bridgehead atoms. The second-order valence-electron chi connectivity index (χ2n) is 6.38. The molecule has 0 amide bonds. The molecule has 2 aromatic carbocycles. The number of methoxy groups -OCH3 is 1. The molecule has 5 heteroatoms. The lowest BCUT2D eigenvalue weighted by molar-refractivity contribution is -0.145. The van der Waals surface area contributed by atoms with E-state index in [4.69, 9.17) is 9.47 Å². The van der Waals surface area contributed by atoms with Gasteiger partial charge in [-0.1, -0.05) is 30.3 Å². The second-order valence-corrected chi connectivity index (χ2v) is 6.38. The number of rotatable bonds is 6. The molecule has 2 aromatic rings. The van der Waals surface area contributed by atoms with Gasteiger partial charge in [0.2, 0.25) is 0 Å². The summed E-state index contributed by atoms with van der Waals surface area (Å²) in [7, 11) is 1.65.